The molecule has 8 heterocycles. The quantitative estimate of drug-likeness (QED) is 0.212. The molecule has 2 aliphatic rings. The van der Waals surface area contributed by atoms with Crippen molar-refractivity contribution in [2.45, 2.75) is 24.9 Å². The number of hydrogen-bond donors (Lipinski definition) is 3. The number of carbonyl (C=O) groups is 2. The first-order chi connectivity index (χ1) is 27.9. The Hall–Kier alpha value is -7.54. The first-order valence-corrected chi connectivity index (χ1v) is 18.2. The van der Waals surface area contributed by atoms with Gasteiger partial charge < -0.3 is 30.5 Å². The van der Waals surface area contributed by atoms with E-state index in [0.717, 1.165) is 66.8 Å². The summed E-state index contributed by atoms with van der Waals surface area (Å²) in [4.78, 5) is 40.5. The highest BCUT2D eigenvalue weighted by atomic mass is 16.4. The van der Waals surface area contributed by atoms with E-state index in [4.69, 9.17) is 10.8 Å². The summed E-state index contributed by atoms with van der Waals surface area (Å²) < 4.78 is 7.08. The Kier molecular flexibility index (Phi) is 10.5. The summed E-state index contributed by atoms with van der Waals surface area (Å²) in [6, 6.07) is 20.9. The van der Waals surface area contributed by atoms with Gasteiger partial charge in [-0.05, 0) is 43.2 Å². The second kappa shape index (κ2) is 16.4. The molecule has 19 heteroatoms. The SMILES string of the molecule is NC1CCN(c2nccn3cnnc23)C1.O=C(NC1CCN(c2nccn3cnnc23)C1)c1cn(-c2ccccc2)cn1.O=C(O)c1ccn(-c2ccccc2)n1. The number of nitrogens with zero attached hydrogens (tertiary/aromatic N) is 14. The normalized spacial score (nSPS) is 16.2. The number of fused-ring (bicyclic) bond motifs is 2. The van der Waals surface area contributed by atoms with Crippen LogP contribution in [0.2, 0.25) is 0 Å². The third-order valence-corrected chi connectivity index (χ3v) is 9.44. The van der Waals surface area contributed by atoms with Gasteiger partial charge in [0.2, 0.25) is 11.3 Å². The predicted octanol–water partition coefficient (Wildman–Crippen LogP) is 2.55. The lowest BCUT2D eigenvalue weighted by Crippen LogP contribution is -2.37. The van der Waals surface area contributed by atoms with Crippen LogP contribution in [-0.4, -0.2) is 114 Å². The van der Waals surface area contributed by atoms with Gasteiger partial charge in [0.1, 0.15) is 24.7 Å². The largest absolute Gasteiger partial charge is 0.476 e. The monoisotopic (exact) mass is 766 g/mol. The predicted molar refractivity (Wildman–Crippen MR) is 209 cm³/mol. The van der Waals surface area contributed by atoms with Crippen molar-refractivity contribution in [1.82, 2.24) is 63.8 Å². The molecule has 288 valence electrons. The molecular weight excluding hydrogens is 729 g/mol. The van der Waals surface area contributed by atoms with Gasteiger partial charge in [-0.1, -0.05) is 36.4 Å². The number of benzene rings is 2. The Labute approximate surface area is 325 Å². The van der Waals surface area contributed by atoms with Crippen LogP contribution in [0.4, 0.5) is 11.6 Å². The third-order valence-electron chi connectivity index (χ3n) is 9.44. The first-order valence-electron chi connectivity index (χ1n) is 18.2. The molecule has 0 aliphatic carbocycles. The van der Waals surface area contributed by atoms with Crippen LogP contribution >= 0.6 is 0 Å². The Bertz CT molecular complexity index is 2580. The second-order valence-electron chi connectivity index (χ2n) is 13.3. The van der Waals surface area contributed by atoms with E-state index in [9.17, 15) is 9.59 Å². The molecule has 1 amide bonds. The molecule has 4 N–H and O–H groups in total. The highest BCUT2D eigenvalue weighted by molar-refractivity contribution is 5.92. The minimum absolute atomic E-state index is 0.0272. The average molecular weight is 767 g/mol. The molecule has 0 radical (unpaired) electrons. The van der Waals surface area contributed by atoms with Gasteiger partial charge >= 0.3 is 5.97 Å². The summed E-state index contributed by atoms with van der Waals surface area (Å²) in [7, 11) is 0. The van der Waals surface area contributed by atoms with Crippen molar-refractivity contribution in [2.24, 2.45) is 5.73 Å². The summed E-state index contributed by atoms with van der Waals surface area (Å²) in [5, 5.41) is 31.6. The number of hydrogen-bond acceptors (Lipinski definition) is 13. The Balaban J connectivity index is 0.000000132. The number of carboxylic acid groups (broad SMARTS) is 1. The summed E-state index contributed by atoms with van der Waals surface area (Å²) in [6.45, 7) is 3.26. The number of amides is 1. The molecular formula is C38H38N16O3. The van der Waals surface area contributed by atoms with Crippen LogP contribution in [0.1, 0.15) is 33.8 Å². The molecule has 2 aliphatic heterocycles. The highest BCUT2D eigenvalue weighted by Crippen LogP contribution is 2.22. The Morgan fingerprint density at radius 3 is 1.91 bits per heavy atom. The topological polar surface area (TPSA) is 221 Å². The lowest BCUT2D eigenvalue weighted by molar-refractivity contribution is 0.0689. The molecule has 2 fully saturated rings. The van der Waals surface area contributed by atoms with Crippen LogP contribution < -0.4 is 20.9 Å². The van der Waals surface area contributed by atoms with Crippen molar-refractivity contribution in [1.29, 1.82) is 0 Å². The minimum Gasteiger partial charge on any atom is -0.476 e. The van der Waals surface area contributed by atoms with Crippen molar-refractivity contribution >= 4 is 34.8 Å². The zero-order chi connectivity index (χ0) is 39.1. The number of para-hydroxylation sites is 2. The fourth-order valence-corrected chi connectivity index (χ4v) is 6.59. The van der Waals surface area contributed by atoms with Gasteiger partial charge in [0, 0.05) is 81.1 Å². The van der Waals surface area contributed by atoms with Gasteiger partial charge in [0.25, 0.3) is 5.91 Å². The average Bonchev–Trinajstić information content (AvgIpc) is 4.10. The molecule has 10 rings (SSSR count). The zero-order valence-corrected chi connectivity index (χ0v) is 30.5. The van der Waals surface area contributed by atoms with Crippen LogP contribution in [0.25, 0.3) is 22.7 Å². The van der Waals surface area contributed by atoms with Gasteiger partial charge in [-0.2, -0.15) is 5.10 Å². The summed E-state index contributed by atoms with van der Waals surface area (Å²) >= 11 is 0. The molecule has 2 saturated heterocycles. The number of aromatic nitrogens is 12. The number of nitrogens with one attached hydrogen (secondary N) is 1. The zero-order valence-electron chi connectivity index (χ0n) is 30.5. The van der Waals surface area contributed by atoms with Crippen LogP contribution in [0.15, 0.2) is 123 Å². The van der Waals surface area contributed by atoms with Crippen LogP contribution in [-0.2, 0) is 0 Å². The van der Waals surface area contributed by atoms with Gasteiger partial charge in [-0.15, -0.1) is 20.4 Å². The number of nitrogens with two attached hydrogens (primary N) is 1. The number of rotatable bonds is 7. The van der Waals surface area contributed by atoms with E-state index in [0.29, 0.717) is 12.2 Å². The van der Waals surface area contributed by atoms with Crippen LogP contribution in [0, 0.1) is 0 Å². The van der Waals surface area contributed by atoms with Crippen molar-refractivity contribution in [3.05, 3.63) is 134 Å². The number of anilines is 2. The van der Waals surface area contributed by atoms with E-state index in [1.165, 1.54) is 10.7 Å². The minimum atomic E-state index is -1.01. The summed E-state index contributed by atoms with van der Waals surface area (Å²) in [6.07, 6.45) is 17.3. The van der Waals surface area contributed by atoms with Crippen molar-refractivity contribution in [2.75, 3.05) is 36.0 Å². The van der Waals surface area contributed by atoms with E-state index < -0.39 is 5.97 Å². The van der Waals surface area contributed by atoms with E-state index in [1.54, 1.807) is 43.8 Å². The van der Waals surface area contributed by atoms with Gasteiger partial charge in [0.15, 0.2) is 17.3 Å². The van der Waals surface area contributed by atoms with Crippen LogP contribution in [0.3, 0.4) is 0 Å². The van der Waals surface area contributed by atoms with Crippen LogP contribution in [0.5, 0.6) is 0 Å². The summed E-state index contributed by atoms with van der Waals surface area (Å²) in [5.74, 6) is 0.475. The molecule has 8 aromatic rings. The van der Waals surface area contributed by atoms with Gasteiger partial charge in [-0.3, -0.25) is 13.6 Å². The molecule has 6 aromatic heterocycles. The van der Waals surface area contributed by atoms with Gasteiger partial charge in [0.05, 0.1) is 5.69 Å². The lowest BCUT2D eigenvalue weighted by atomic mass is 10.2. The number of aromatic carboxylic acids is 1. The van der Waals surface area contributed by atoms with E-state index >= 15 is 0 Å². The van der Waals surface area contributed by atoms with E-state index in [2.05, 4.69) is 55.6 Å². The standard InChI is InChI=1S/C19H18N8O.C10H8N2O2.C9H12N6/c28-19(16-11-27(12-21-16)15-4-2-1-3-5-15)23-14-6-8-25(10-14)17-18-24-22-13-26(18)9-7-20-17;13-10(14)9-6-7-12(11-9)8-4-2-1-3-5-8;10-7-1-3-14(5-7)8-9-13-12-6-15(9)4-2-11-8/h1-5,7,9,11-14H,6,8,10H2,(H,23,28);1-7H,(H,13,14);2,4,6-7H,1,3,5,10H2. The lowest BCUT2D eigenvalue weighted by Gasteiger charge is -2.17. The fraction of sp³-hybridized carbons (Fsp3) is 0.211. The molecule has 0 saturated carbocycles. The number of imidazole rings is 1. The smallest absolute Gasteiger partial charge is 0.356 e. The van der Waals surface area contributed by atoms with Crippen molar-refractivity contribution in [3.63, 3.8) is 0 Å². The third kappa shape index (κ3) is 8.27. The maximum atomic E-state index is 12.6. The van der Waals surface area contributed by atoms with E-state index in [1.807, 2.05) is 86.4 Å². The van der Waals surface area contributed by atoms with Gasteiger partial charge in [-0.25, -0.2) is 24.4 Å². The molecule has 2 atom stereocenters. The molecule has 2 aromatic carbocycles. The maximum absolute atomic E-state index is 12.6. The molecule has 19 nitrogen and oxygen atoms in total. The molecule has 0 bridgehead atoms. The second-order valence-corrected chi connectivity index (χ2v) is 13.3. The molecule has 2 unspecified atom stereocenters. The maximum Gasteiger partial charge on any atom is 0.356 e. The number of carbonyl (C=O) groups excluding carboxylic acids is 1. The van der Waals surface area contributed by atoms with Crippen molar-refractivity contribution in [3.8, 4) is 11.4 Å². The van der Waals surface area contributed by atoms with E-state index in [-0.39, 0.29) is 23.7 Å². The number of carboxylic acids is 1. The molecule has 57 heavy (non-hydrogen) atoms. The first kappa shape index (κ1) is 36.4. The summed E-state index contributed by atoms with van der Waals surface area (Å²) in [5.41, 5.74) is 9.65. The fourth-order valence-electron chi connectivity index (χ4n) is 6.59. The molecule has 0 spiro atoms. The Morgan fingerprint density at radius 1 is 0.702 bits per heavy atom. The van der Waals surface area contributed by atoms with Crippen molar-refractivity contribution < 1.29 is 14.7 Å². The Morgan fingerprint density at radius 2 is 1.32 bits per heavy atom. The highest BCUT2D eigenvalue weighted by Gasteiger charge is 2.28.